The van der Waals surface area contributed by atoms with E-state index in [4.69, 9.17) is 11.6 Å². The van der Waals surface area contributed by atoms with Gasteiger partial charge in [-0.3, -0.25) is 9.78 Å². The topological polar surface area (TPSA) is 33.2 Å². The third-order valence-corrected chi connectivity index (χ3v) is 4.04. The monoisotopic (exact) mass is 338 g/mol. The summed E-state index contributed by atoms with van der Waals surface area (Å²) in [6.07, 6.45) is 4.00. The number of halogens is 3. The van der Waals surface area contributed by atoms with Gasteiger partial charge in [0.1, 0.15) is 0 Å². The van der Waals surface area contributed by atoms with Gasteiger partial charge in [0.2, 0.25) is 0 Å². The van der Waals surface area contributed by atoms with Gasteiger partial charge in [0.15, 0.2) is 11.6 Å². The fourth-order valence-corrected chi connectivity index (χ4v) is 2.41. The highest BCUT2D eigenvalue weighted by Gasteiger charge is 2.24. The molecule has 3 nitrogen and oxygen atoms in total. The van der Waals surface area contributed by atoms with Crippen LogP contribution in [0.1, 0.15) is 36.2 Å². The normalized spacial score (nSPS) is 12.0. The number of hydrogen-bond donors (Lipinski definition) is 0. The first kappa shape index (κ1) is 17.3. The first-order chi connectivity index (χ1) is 10.9. The van der Waals surface area contributed by atoms with E-state index in [0.717, 1.165) is 24.1 Å². The lowest BCUT2D eigenvalue weighted by Gasteiger charge is -2.29. The molecule has 0 fully saturated rings. The lowest BCUT2D eigenvalue weighted by molar-refractivity contribution is 0.0671. The van der Waals surface area contributed by atoms with Crippen LogP contribution in [0.2, 0.25) is 5.02 Å². The van der Waals surface area contributed by atoms with Gasteiger partial charge < -0.3 is 4.90 Å². The Kier molecular flexibility index (Phi) is 5.66. The summed E-state index contributed by atoms with van der Waals surface area (Å²) in [5, 5.41) is -0.100. The molecular weight excluding hydrogens is 322 g/mol. The van der Waals surface area contributed by atoms with E-state index in [-0.39, 0.29) is 16.6 Å². The Morgan fingerprint density at radius 1 is 1.26 bits per heavy atom. The second-order valence-electron chi connectivity index (χ2n) is 5.29. The van der Waals surface area contributed by atoms with Gasteiger partial charge in [-0.15, -0.1) is 0 Å². The minimum absolute atomic E-state index is 0.0417. The van der Waals surface area contributed by atoms with Gasteiger partial charge in [-0.2, -0.15) is 0 Å². The van der Waals surface area contributed by atoms with Crippen LogP contribution in [0.25, 0.3) is 0 Å². The Hall–Kier alpha value is -2.01. The Bertz CT molecular complexity index is 694. The summed E-state index contributed by atoms with van der Waals surface area (Å²) < 4.78 is 26.7. The molecule has 0 bridgehead atoms. The average molecular weight is 339 g/mol. The molecule has 6 heteroatoms. The molecule has 0 N–H and O–H groups in total. The van der Waals surface area contributed by atoms with Crippen LogP contribution in [0, 0.1) is 11.6 Å². The quantitative estimate of drug-likeness (QED) is 0.754. The molecule has 1 aromatic carbocycles. The lowest BCUT2D eigenvalue weighted by atomic mass is 10.1. The largest absolute Gasteiger partial charge is 0.332 e. The zero-order valence-corrected chi connectivity index (χ0v) is 13.6. The Morgan fingerprint density at radius 2 is 1.87 bits per heavy atom. The summed E-state index contributed by atoms with van der Waals surface area (Å²) >= 11 is 5.93. The molecule has 2 aromatic rings. The van der Waals surface area contributed by atoms with Gasteiger partial charge in [0.25, 0.3) is 5.91 Å². The third kappa shape index (κ3) is 4.05. The highest BCUT2D eigenvalue weighted by molar-refractivity contribution is 6.33. The molecule has 23 heavy (non-hydrogen) atoms. The molecule has 0 spiro atoms. The smallest absolute Gasteiger partial charge is 0.256 e. The molecule has 0 saturated heterocycles. The van der Waals surface area contributed by atoms with Gasteiger partial charge >= 0.3 is 0 Å². The van der Waals surface area contributed by atoms with Crippen molar-refractivity contribution in [1.82, 2.24) is 9.88 Å². The predicted molar refractivity (Wildman–Crippen MR) is 85.2 cm³/mol. The minimum Gasteiger partial charge on any atom is -0.332 e. The third-order valence-electron chi connectivity index (χ3n) is 3.73. The molecule has 2 rings (SSSR count). The van der Waals surface area contributed by atoms with Gasteiger partial charge in [-0.1, -0.05) is 18.5 Å². The molecule has 0 aliphatic carbocycles. The Balaban J connectivity index is 2.35. The van der Waals surface area contributed by atoms with Crippen molar-refractivity contribution in [1.29, 1.82) is 0 Å². The van der Waals surface area contributed by atoms with Crippen molar-refractivity contribution < 1.29 is 13.6 Å². The zero-order chi connectivity index (χ0) is 17.0. The zero-order valence-electron chi connectivity index (χ0n) is 12.9. The fourth-order valence-electron chi connectivity index (χ4n) is 2.17. The minimum atomic E-state index is -1.09. The molecule has 1 amide bonds. The van der Waals surface area contributed by atoms with Crippen molar-refractivity contribution in [2.45, 2.75) is 32.9 Å². The number of benzene rings is 1. The van der Waals surface area contributed by atoms with E-state index >= 15 is 0 Å². The van der Waals surface area contributed by atoms with E-state index < -0.39 is 17.5 Å². The molecule has 0 radical (unpaired) electrons. The van der Waals surface area contributed by atoms with Crippen LogP contribution in [0.3, 0.4) is 0 Å². The molecule has 122 valence electrons. The van der Waals surface area contributed by atoms with Crippen molar-refractivity contribution in [3.05, 3.63) is 64.4 Å². The van der Waals surface area contributed by atoms with Crippen molar-refractivity contribution in [2.75, 3.05) is 0 Å². The fraction of sp³-hybridized carbons (Fsp3) is 0.294. The van der Waals surface area contributed by atoms with Crippen molar-refractivity contribution in [3.63, 3.8) is 0 Å². The number of aromatic nitrogens is 1. The van der Waals surface area contributed by atoms with Gasteiger partial charge in [0, 0.05) is 25.0 Å². The van der Waals surface area contributed by atoms with E-state index in [0.29, 0.717) is 6.54 Å². The number of hydrogen-bond acceptors (Lipinski definition) is 2. The molecule has 0 unspecified atom stereocenters. The second-order valence-corrected chi connectivity index (χ2v) is 5.70. The Morgan fingerprint density at radius 3 is 2.48 bits per heavy atom. The molecule has 0 aliphatic rings. The number of pyridine rings is 1. The maximum Gasteiger partial charge on any atom is 0.256 e. The van der Waals surface area contributed by atoms with Crippen LogP contribution in [0.5, 0.6) is 0 Å². The number of carbonyl (C=O) groups is 1. The van der Waals surface area contributed by atoms with E-state index in [9.17, 15) is 13.6 Å². The van der Waals surface area contributed by atoms with Crippen LogP contribution in [0.4, 0.5) is 8.78 Å². The number of carbonyl (C=O) groups excluding carboxylic acids is 1. The van der Waals surface area contributed by atoms with Crippen LogP contribution >= 0.6 is 11.6 Å². The van der Waals surface area contributed by atoms with Gasteiger partial charge in [-0.05, 0) is 43.2 Å². The maximum absolute atomic E-state index is 13.5. The van der Waals surface area contributed by atoms with Crippen molar-refractivity contribution in [2.24, 2.45) is 0 Å². The van der Waals surface area contributed by atoms with Crippen molar-refractivity contribution >= 4 is 17.5 Å². The van der Waals surface area contributed by atoms with Crippen LogP contribution < -0.4 is 0 Å². The first-order valence-corrected chi connectivity index (χ1v) is 7.66. The molecular formula is C17H17ClF2N2O. The van der Waals surface area contributed by atoms with E-state index in [1.807, 2.05) is 13.8 Å². The SMILES string of the molecule is CC[C@H](C)N(Cc1ccncc1)C(=O)c1cc(F)c(F)cc1Cl. The highest BCUT2D eigenvalue weighted by Crippen LogP contribution is 2.24. The summed E-state index contributed by atoms with van der Waals surface area (Å²) in [5.41, 5.74) is 0.854. The van der Waals surface area contributed by atoms with Crippen LogP contribution in [0.15, 0.2) is 36.7 Å². The Labute approximate surface area is 138 Å². The number of rotatable bonds is 5. The van der Waals surface area contributed by atoms with E-state index in [2.05, 4.69) is 4.98 Å². The molecule has 0 saturated carbocycles. The van der Waals surface area contributed by atoms with E-state index in [1.165, 1.54) is 0 Å². The lowest BCUT2D eigenvalue weighted by Crippen LogP contribution is -2.38. The summed E-state index contributed by atoms with van der Waals surface area (Å²) in [6, 6.07) is 5.19. The maximum atomic E-state index is 13.5. The summed E-state index contributed by atoms with van der Waals surface area (Å²) in [4.78, 5) is 18.3. The average Bonchev–Trinajstić information content (AvgIpc) is 2.55. The predicted octanol–water partition coefficient (Wildman–Crippen LogP) is 4.45. The number of nitrogens with zero attached hydrogens (tertiary/aromatic N) is 2. The standard InChI is InChI=1S/C17H17ClF2N2O/c1-3-11(2)22(10-12-4-6-21-7-5-12)17(23)13-8-15(19)16(20)9-14(13)18/h4-9,11H,3,10H2,1-2H3/t11-/m0/s1. The summed E-state index contributed by atoms with van der Waals surface area (Å²) in [5.74, 6) is -2.60. The van der Waals surface area contributed by atoms with Crippen LogP contribution in [-0.2, 0) is 6.54 Å². The summed E-state index contributed by atoms with van der Waals surface area (Å²) in [6.45, 7) is 4.18. The van der Waals surface area contributed by atoms with Crippen LogP contribution in [-0.4, -0.2) is 21.8 Å². The van der Waals surface area contributed by atoms with E-state index in [1.54, 1.807) is 29.4 Å². The molecule has 1 heterocycles. The van der Waals surface area contributed by atoms with Crippen molar-refractivity contribution in [3.8, 4) is 0 Å². The van der Waals surface area contributed by atoms with Gasteiger partial charge in [-0.25, -0.2) is 8.78 Å². The highest BCUT2D eigenvalue weighted by atomic mass is 35.5. The van der Waals surface area contributed by atoms with Gasteiger partial charge in [0.05, 0.1) is 10.6 Å². The number of amides is 1. The molecule has 1 aromatic heterocycles. The second kappa shape index (κ2) is 7.51. The summed E-state index contributed by atoms with van der Waals surface area (Å²) in [7, 11) is 0. The first-order valence-electron chi connectivity index (χ1n) is 7.28. The molecule has 0 aliphatic heterocycles. The molecule has 1 atom stereocenters.